The van der Waals surface area contributed by atoms with Crippen molar-refractivity contribution in [2.45, 2.75) is 25.3 Å². The molecule has 0 radical (unpaired) electrons. The SMILES string of the molecule is Cc1c(C(=O)N2CC3(CCC(=O)N3)C2)sc2ccccc12. The van der Waals surface area contributed by atoms with Crippen molar-refractivity contribution in [1.82, 2.24) is 10.2 Å². The first kappa shape index (κ1) is 12.8. The largest absolute Gasteiger partial charge is 0.347 e. The number of likely N-dealkylation sites (tertiary alicyclic amines) is 1. The normalized spacial score (nSPS) is 19.9. The van der Waals surface area contributed by atoms with Gasteiger partial charge in [-0.3, -0.25) is 9.59 Å². The molecule has 21 heavy (non-hydrogen) atoms. The van der Waals surface area contributed by atoms with Crippen LogP contribution in [0.15, 0.2) is 24.3 Å². The maximum atomic E-state index is 12.7. The molecule has 1 aromatic carbocycles. The van der Waals surface area contributed by atoms with Crippen LogP contribution in [0.5, 0.6) is 0 Å². The molecule has 2 saturated heterocycles. The molecule has 2 aliphatic heterocycles. The molecule has 108 valence electrons. The predicted octanol–water partition coefficient (Wildman–Crippen LogP) is 2.31. The van der Waals surface area contributed by atoms with Gasteiger partial charge in [0.2, 0.25) is 5.91 Å². The number of amides is 2. The Bertz CT molecular complexity index is 759. The van der Waals surface area contributed by atoms with Crippen LogP contribution < -0.4 is 5.32 Å². The molecule has 2 fully saturated rings. The van der Waals surface area contributed by atoms with E-state index >= 15 is 0 Å². The first-order valence-electron chi connectivity index (χ1n) is 7.16. The van der Waals surface area contributed by atoms with Crippen molar-refractivity contribution in [3.8, 4) is 0 Å². The van der Waals surface area contributed by atoms with Gasteiger partial charge in [-0.2, -0.15) is 0 Å². The Kier molecular flexibility index (Phi) is 2.63. The van der Waals surface area contributed by atoms with E-state index in [0.717, 1.165) is 26.9 Å². The number of carbonyl (C=O) groups excluding carboxylic acids is 2. The van der Waals surface area contributed by atoms with Crippen molar-refractivity contribution in [2.24, 2.45) is 0 Å². The van der Waals surface area contributed by atoms with Gasteiger partial charge in [0.1, 0.15) is 0 Å². The van der Waals surface area contributed by atoms with Crippen molar-refractivity contribution in [2.75, 3.05) is 13.1 Å². The molecule has 4 rings (SSSR count). The number of aryl methyl sites for hydroxylation is 1. The maximum absolute atomic E-state index is 12.7. The van der Waals surface area contributed by atoms with Gasteiger partial charge in [0.05, 0.1) is 10.4 Å². The number of thiophene rings is 1. The Morgan fingerprint density at radius 1 is 1.33 bits per heavy atom. The van der Waals surface area contributed by atoms with Crippen LogP contribution in [0.3, 0.4) is 0 Å². The summed E-state index contributed by atoms with van der Waals surface area (Å²) in [7, 11) is 0. The van der Waals surface area contributed by atoms with E-state index in [2.05, 4.69) is 17.4 Å². The van der Waals surface area contributed by atoms with E-state index in [1.54, 1.807) is 11.3 Å². The van der Waals surface area contributed by atoms with Crippen LogP contribution in [0.25, 0.3) is 10.1 Å². The fourth-order valence-corrected chi connectivity index (χ4v) is 4.54. The fourth-order valence-electron chi connectivity index (χ4n) is 3.36. The quantitative estimate of drug-likeness (QED) is 0.878. The number of hydrogen-bond donors (Lipinski definition) is 1. The van der Waals surface area contributed by atoms with E-state index in [1.165, 1.54) is 0 Å². The minimum Gasteiger partial charge on any atom is -0.347 e. The molecule has 3 heterocycles. The number of nitrogens with zero attached hydrogens (tertiary/aromatic N) is 1. The van der Waals surface area contributed by atoms with Crippen LogP contribution in [-0.2, 0) is 4.79 Å². The van der Waals surface area contributed by atoms with Gasteiger partial charge in [-0.05, 0) is 30.4 Å². The summed E-state index contributed by atoms with van der Waals surface area (Å²) >= 11 is 1.56. The Labute approximate surface area is 126 Å². The zero-order valence-electron chi connectivity index (χ0n) is 11.8. The molecule has 1 N–H and O–H groups in total. The van der Waals surface area contributed by atoms with E-state index in [4.69, 9.17) is 0 Å². The lowest BCUT2D eigenvalue weighted by Crippen LogP contribution is -2.68. The second-order valence-electron chi connectivity index (χ2n) is 6.04. The molecule has 2 aromatic rings. The molecule has 0 atom stereocenters. The van der Waals surface area contributed by atoms with Crippen LogP contribution in [0.2, 0.25) is 0 Å². The fraction of sp³-hybridized carbons (Fsp3) is 0.375. The minimum absolute atomic E-state index is 0.0977. The van der Waals surface area contributed by atoms with Gasteiger partial charge in [-0.15, -0.1) is 11.3 Å². The molecule has 0 bridgehead atoms. The number of hydrogen-bond acceptors (Lipinski definition) is 3. The summed E-state index contributed by atoms with van der Waals surface area (Å²) in [6.45, 7) is 3.30. The lowest BCUT2D eigenvalue weighted by Gasteiger charge is -2.47. The minimum atomic E-state index is -0.142. The first-order valence-corrected chi connectivity index (χ1v) is 7.98. The number of benzene rings is 1. The van der Waals surface area contributed by atoms with E-state index in [0.29, 0.717) is 19.5 Å². The smallest absolute Gasteiger partial charge is 0.264 e. The monoisotopic (exact) mass is 300 g/mol. The molecule has 5 heteroatoms. The Balaban J connectivity index is 1.58. The lowest BCUT2D eigenvalue weighted by molar-refractivity contribution is -0.120. The Morgan fingerprint density at radius 3 is 2.76 bits per heavy atom. The van der Waals surface area contributed by atoms with Crippen molar-refractivity contribution >= 4 is 33.2 Å². The highest BCUT2D eigenvalue weighted by atomic mass is 32.1. The molecule has 1 spiro atoms. The molecule has 0 saturated carbocycles. The molecule has 0 unspecified atom stereocenters. The van der Waals surface area contributed by atoms with Crippen LogP contribution in [-0.4, -0.2) is 35.3 Å². The molecule has 2 aliphatic rings. The first-order chi connectivity index (χ1) is 10.1. The highest BCUT2D eigenvalue weighted by Gasteiger charge is 2.49. The van der Waals surface area contributed by atoms with Gasteiger partial charge >= 0.3 is 0 Å². The number of rotatable bonds is 1. The van der Waals surface area contributed by atoms with Gasteiger partial charge < -0.3 is 10.2 Å². The third-order valence-electron chi connectivity index (χ3n) is 4.55. The molecule has 0 aliphatic carbocycles. The van der Waals surface area contributed by atoms with Crippen molar-refractivity contribution in [3.63, 3.8) is 0 Å². The highest BCUT2D eigenvalue weighted by molar-refractivity contribution is 7.21. The second kappa shape index (κ2) is 4.31. The Hall–Kier alpha value is -1.88. The second-order valence-corrected chi connectivity index (χ2v) is 7.09. The van der Waals surface area contributed by atoms with Crippen molar-refractivity contribution in [3.05, 3.63) is 34.7 Å². The summed E-state index contributed by atoms with van der Waals surface area (Å²) in [6.07, 6.45) is 1.44. The summed E-state index contributed by atoms with van der Waals surface area (Å²) in [4.78, 5) is 26.7. The van der Waals surface area contributed by atoms with Crippen LogP contribution in [0.1, 0.15) is 28.1 Å². The third-order valence-corrected chi connectivity index (χ3v) is 5.81. The number of nitrogens with one attached hydrogen (secondary N) is 1. The average Bonchev–Trinajstić information content (AvgIpc) is 2.99. The standard InChI is InChI=1S/C16H16N2O2S/c1-10-11-4-2-3-5-12(11)21-14(10)15(20)18-8-16(9-18)7-6-13(19)17-16/h2-5H,6-9H2,1H3,(H,17,19). The van der Waals surface area contributed by atoms with Gasteiger partial charge in [0, 0.05) is 24.2 Å². The lowest BCUT2D eigenvalue weighted by atomic mass is 9.88. The summed E-state index contributed by atoms with van der Waals surface area (Å²) in [5.74, 6) is 0.209. The highest BCUT2D eigenvalue weighted by Crippen LogP contribution is 2.35. The topological polar surface area (TPSA) is 49.4 Å². The van der Waals surface area contributed by atoms with Gasteiger partial charge in [0.15, 0.2) is 0 Å². The molecular weight excluding hydrogens is 284 g/mol. The third kappa shape index (κ3) is 1.87. The van der Waals surface area contributed by atoms with Crippen LogP contribution in [0, 0.1) is 6.92 Å². The Morgan fingerprint density at radius 2 is 2.10 bits per heavy atom. The summed E-state index contributed by atoms with van der Waals surface area (Å²) in [5.41, 5.74) is 0.925. The van der Waals surface area contributed by atoms with E-state index in [-0.39, 0.29) is 17.4 Å². The van der Waals surface area contributed by atoms with Crippen molar-refractivity contribution in [1.29, 1.82) is 0 Å². The van der Waals surface area contributed by atoms with Crippen LogP contribution >= 0.6 is 11.3 Å². The molecule has 1 aromatic heterocycles. The van der Waals surface area contributed by atoms with E-state index in [1.807, 2.05) is 24.0 Å². The zero-order valence-corrected chi connectivity index (χ0v) is 12.6. The maximum Gasteiger partial charge on any atom is 0.264 e. The zero-order chi connectivity index (χ0) is 14.6. The van der Waals surface area contributed by atoms with E-state index < -0.39 is 0 Å². The predicted molar refractivity (Wildman–Crippen MR) is 82.6 cm³/mol. The summed E-state index contributed by atoms with van der Waals surface area (Å²) < 4.78 is 1.16. The van der Waals surface area contributed by atoms with Gasteiger partial charge in [-0.1, -0.05) is 18.2 Å². The number of fused-ring (bicyclic) bond motifs is 1. The summed E-state index contributed by atoms with van der Waals surface area (Å²) in [6, 6.07) is 8.12. The molecular formula is C16H16N2O2S. The number of carbonyl (C=O) groups is 2. The summed E-state index contributed by atoms with van der Waals surface area (Å²) in [5, 5.41) is 4.18. The van der Waals surface area contributed by atoms with Gasteiger partial charge in [-0.25, -0.2) is 0 Å². The average molecular weight is 300 g/mol. The van der Waals surface area contributed by atoms with Gasteiger partial charge in [0.25, 0.3) is 5.91 Å². The van der Waals surface area contributed by atoms with E-state index in [9.17, 15) is 9.59 Å². The van der Waals surface area contributed by atoms with Crippen LogP contribution in [0.4, 0.5) is 0 Å². The van der Waals surface area contributed by atoms with Crippen molar-refractivity contribution < 1.29 is 9.59 Å². The molecule has 4 nitrogen and oxygen atoms in total. The molecule has 2 amide bonds.